The molecule has 86 valence electrons. The van der Waals surface area contributed by atoms with Crippen molar-refractivity contribution in [3.63, 3.8) is 0 Å². The third-order valence-electron chi connectivity index (χ3n) is 3.30. The normalized spacial score (nSPS) is 28.4. The summed E-state index contributed by atoms with van der Waals surface area (Å²) in [5, 5.41) is 0. The molecule has 0 amide bonds. The Morgan fingerprint density at radius 3 is 2.56 bits per heavy atom. The second-order valence-corrected chi connectivity index (χ2v) is 4.51. The van der Waals surface area contributed by atoms with Crippen LogP contribution >= 0.6 is 0 Å². The predicted octanol–water partition coefficient (Wildman–Crippen LogP) is 3.32. The predicted molar refractivity (Wildman–Crippen MR) is 58.3 cm³/mol. The molecule has 1 atom stereocenters. The van der Waals surface area contributed by atoms with E-state index in [0.717, 1.165) is 31.2 Å². The Labute approximate surface area is 95.2 Å². The lowest BCUT2D eigenvalue weighted by Crippen LogP contribution is -2.32. The molecular weight excluding hydrogens is 205 g/mol. The van der Waals surface area contributed by atoms with Crippen LogP contribution in [0.5, 0.6) is 0 Å². The molecule has 16 heavy (non-hydrogen) atoms. The molecule has 1 saturated carbocycles. The standard InChI is InChI=1S/C13H16O3/c1-3-7-11(8-4-1)12-14-13(16-15-12)9-5-2-6-10-13/h1,3-4,7-8,12H,2,5-6,9-10H2/i14+1. The first-order valence-corrected chi connectivity index (χ1v) is 5.95. The zero-order chi connectivity index (χ0) is 10.8. The molecule has 0 aromatic heterocycles. The van der Waals surface area contributed by atoms with Crippen molar-refractivity contribution < 1.29 is 14.5 Å². The third kappa shape index (κ3) is 1.86. The average Bonchev–Trinajstić information content (AvgIpc) is 2.75. The lowest BCUT2D eigenvalue weighted by Gasteiger charge is -2.28. The maximum Gasteiger partial charge on any atom is 0.220 e. The van der Waals surface area contributed by atoms with E-state index in [-0.39, 0.29) is 6.29 Å². The van der Waals surface area contributed by atoms with Gasteiger partial charge in [-0.2, -0.15) is 9.78 Å². The van der Waals surface area contributed by atoms with Gasteiger partial charge in [0, 0.05) is 18.4 Å². The van der Waals surface area contributed by atoms with E-state index in [4.69, 9.17) is 14.5 Å². The van der Waals surface area contributed by atoms with E-state index in [1.807, 2.05) is 30.3 Å². The summed E-state index contributed by atoms with van der Waals surface area (Å²) in [6, 6.07) is 9.93. The van der Waals surface area contributed by atoms with E-state index in [1.54, 1.807) is 0 Å². The number of hydrogen-bond donors (Lipinski definition) is 0. The van der Waals surface area contributed by atoms with E-state index < -0.39 is 5.79 Å². The maximum absolute atomic E-state index is 5.93. The van der Waals surface area contributed by atoms with Crippen molar-refractivity contribution in [1.82, 2.24) is 0 Å². The van der Waals surface area contributed by atoms with Gasteiger partial charge in [0.05, 0.1) is 0 Å². The number of benzene rings is 1. The second kappa shape index (κ2) is 4.17. The van der Waals surface area contributed by atoms with Gasteiger partial charge in [-0.1, -0.05) is 36.8 Å². The molecule has 3 heteroatoms. The maximum atomic E-state index is 5.93. The highest BCUT2D eigenvalue weighted by Crippen LogP contribution is 2.43. The van der Waals surface area contributed by atoms with Gasteiger partial charge >= 0.3 is 0 Å². The van der Waals surface area contributed by atoms with Crippen molar-refractivity contribution in [2.45, 2.75) is 44.2 Å². The fourth-order valence-electron chi connectivity index (χ4n) is 2.39. The van der Waals surface area contributed by atoms with Crippen molar-refractivity contribution >= 4 is 0 Å². The first-order valence-electron chi connectivity index (χ1n) is 5.95. The molecule has 0 N–H and O–H groups in total. The molecule has 1 aliphatic heterocycles. The lowest BCUT2D eigenvalue weighted by molar-refractivity contribution is -0.338. The summed E-state index contributed by atoms with van der Waals surface area (Å²) >= 11 is 0. The van der Waals surface area contributed by atoms with Crippen LogP contribution in [0.4, 0.5) is 0 Å². The Balaban J connectivity index is 1.73. The van der Waals surface area contributed by atoms with Crippen molar-refractivity contribution in [2.75, 3.05) is 0 Å². The minimum absolute atomic E-state index is 0.362. The van der Waals surface area contributed by atoms with Gasteiger partial charge < -0.3 is 4.74 Å². The highest BCUT2D eigenvalue weighted by Gasteiger charge is 2.44. The van der Waals surface area contributed by atoms with Gasteiger partial charge in [-0.3, -0.25) is 0 Å². The first-order chi connectivity index (χ1) is 7.88. The van der Waals surface area contributed by atoms with E-state index in [0.29, 0.717) is 0 Å². The van der Waals surface area contributed by atoms with Gasteiger partial charge in [-0.25, -0.2) is 0 Å². The molecule has 0 bridgehead atoms. The van der Waals surface area contributed by atoms with Gasteiger partial charge in [0.2, 0.25) is 12.1 Å². The average molecular weight is 221 g/mol. The van der Waals surface area contributed by atoms with Gasteiger partial charge in [-0.15, -0.1) is 0 Å². The van der Waals surface area contributed by atoms with Gasteiger partial charge in [0.1, 0.15) is 0 Å². The monoisotopic (exact) mass is 221 g/mol. The number of ether oxygens (including phenoxy) is 1. The van der Waals surface area contributed by atoms with Gasteiger partial charge in [-0.05, 0) is 12.8 Å². The summed E-state index contributed by atoms with van der Waals surface area (Å²) in [5.41, 5.74) is 1.02. The Bertz CT molecular complexity index is 343. The van der Waals surface area contributed by atoms with Crippen molar-refractivity contribution in [3.8, 4) is 0 Å². The fourth-order valence-corrected chi connectivity index (χ4v) is 2.39. The number of hydrogen-bond acceptors (Lipinski definition) is 3. The van der Waals surface area contributed by atoms with Crippen molar-refractivity contribution in [2.24, 2.45) is 0 Å². The molecule has 3 rings (SSSR count). The SMILES string of the molecule is c1ccc(C2OOC3(CCCCC3)[17O]2)cc1. The van der Waals surface area contributed by atoms with E-state index in [2.05, 4.69) is 0 Å². The van der Waals surface area contributed by atoms with Crippen LogP contribution < -0.4 is 0 Å². The molecule has 1 aromatic rings. The summed E-state index contributed by atoms with van der Waals surface area (Å²) in [5.74, 6) is -0.473. The van der Waals surface area contributed by atoms with E-state index >= 15 is 0 Å². The Kier molecular flexibility index (Phi) is 2.67. The van der Waals surface area contributed by atoms with Crippen molar-refractivity contribution in [1.29, 1.82) is 0 Å². The summed E-state index contributed by atoms with van der Waals surface area (Å²) in [4.78, 5) is 10.7. The molecule has 3 nitrogen and oxygen atoms in total. The minimum Gasteiger partial charge on any atom is -0.311 e. The summed E-state index contributed by atoms with van der Waals surface area (Å²) < 4.78 is 5.93. The van der Waals surface area contributed by atoms with Gasteiger partial charge in [0.15, 0.2) is 0 Å². The number of rotatable bonds is 1. The first kappa shape index (κ1) is 10.3. The quantitative estimate of drug-likeness (QED) is 0.681. The molecule has 1 unspecified atom stereocenters. The summed E-state index contributed by atoms with van der Waals surface area (Å²) in [7, 11) is 0. The van der Waals surface area contributed by atoms with E-state index in [1.165, 1.54) is 6.42 Å². The van der Waals surface area contributed by atoms with Crippen LogP contribution in [0.15, 0.2) is 30.3 Å². The molecular formula is C13H16O3. The molecule has 1 aromatic carbocycles. The minimum atomic E-state index is -0.473. The highest BCUT2D eigenvalue weighted by atomic mass is 17.6. The fraction of sp³-hybridized carbons (Fsp3) is 0.538. The van der Waals surface area contributed by atoms with Crippen LogP contribution in [0.25, 0.3) is 0 Å². The van der Waals surface area contributed by atoms with Crippen LogP contribution in [-0.2, 0) is 14.5 Å². The molecule has 1 saturated heterocycles. The Morgan fingerprint density at radius 1 is 1.06 bits per heavy atom. The molecule has 2 aliphatic rings. The molecule has 2 fully saturated rings. The summed E-state index contributed by atoms with van der Waals surface area (Å²) in [6.07, 6.45) is 5.10. The van der Waals surface area contributed by atoms with Crippen LogP contribution in [0.3, 0.4) is 0 Å². The van der Waals surface area contributed by atoms with Crippen LogP contribution in [0.1, 0.15) is 44.0 Å². The second-order valence-electron chi connectivity index (χ2n) is 4.51. The largest absolute Gasteiger partial charge is 0.311 e. The zero-order valence-electron chi connectivity index (χ0n) is 9.22. The highest BCUT2D eigenvalue weighted by molar-refractivity contribution is 5.16. The van der Waals surface area contributed by atoms with Gasteiger partial charge in [0.25, 0.3) is 0 Å². The lowest BCUT2D eigenvalue weighted by atomic mass is 9.95. The molecule has 0 radical (unpaired) electrons. The van der Waals surface area contributed by atoms with Crippen LogP contribution in [0.2, 0.25) is 0 Å². The molecule has 1 spiro atoms. The summed E-state index contributed by atoms with van der Waals surface area (Å²) in [6.45, 7) is 0. The Hall–Kier alpha value is -0.900. The smallest absolute Gasteiger partial charge is 0.220 e. The van der Waals surface area contributed by atoms with E-state index in [9.17, 15) is 0 Å². The topological polar surface area (TPSA) is 27.7 Å². The third-order valence-corrected chi connectivity index (χ3v) is 3.30. The molecule has 1 aliphatic carbocycles. The van der Waals surface area contributed by atoms with Crippen LogP contribution in [0, 0.1) is 0 Å². The van der Waals surface area contributed by atoms with Crippen molar-refractivity contribution in [3.05, 3.63) is 35.9 Å². The zero-order valence-corrected chi connectivity index (χ0v) is 9.22. The Morgan fingerprint density at radius 2 is 1.81 bits per heavy atom. The van der Waals surface area contributed by atoms with Crippen LogP contribution in [-0.4, -0.2) is 5.79 Å². The molecule has 1 heterocycles.